The number of benzene rings is 3. The number of nitrogens with one attached hydrogen (secondary N) is 1. The minimum Gasteiger partial charge on any atom is -0.493 e. The Morgan fingerprint density at radius 3 is 2.48 bits per heavy atom. The van der Waals surface area contributed by atoms with Crippen LogP contribution in [0, 0.1) is 0 Å². The summed E-state index contributed by atoms with van der Waals surface area (Å²) in [6.07, 6.45) is 1.65. The number of rotatable bonds is 8. The molecule has 204 valence electrons. The van der Waals surface area contributed by atoms with Gasteiger partial charge in [0.25, 0.3) is 5.56 Å². The number of anilines is 1. The highest BCUT2D eigenvalue weighted by Crippen LogP contribution is 2.34. The third kappa shape index (κ3) is 5.31. The minimum absolute atomic E-state index is 0.0739. The number of hydrazone groups is 1. The van der Waals surface area contributed by atoms with E-state index >= 15 is 0 Å². The number of nitrogens with zero attached hydrogens (tertiary/aromatic N) is 5. The zero-order valence-electron chi connectivity index (χ0n) is 21.8. The van der Waals surface area contributed by atoms with E-state index in [9.17, 15) is 9.59 Å². The first-order chi connectivity index (χ1) is 19.3. The molecule has 5 rings (SSSR count). The molecular formula is C28H24Cl2N6O4. The lowest BCUT2D eigenvalue weighted by Crippen LogP contribution is -2.37. The number of ether oxygens (including phenoxy) is 2. The van der Waals surface area contributed by atoms with E-state index in [4.69, 9.17) is 32.7 Å². The Bertz CT molecular complexity index is 1860. The molecule has 2 heterocycles. The van der Waals surface area contributed by atoms with Crippen molar-refractivity contribution in [3.63, 3.8) is 0 Å². The van der Waals surface area contributed by atoms with Gasteiger partial charge in [0, 0.05) is 24.1 Å². The number of hydrogen-bond acceptors (Lipinski definition) is 7. The van der Waals surface area contributed by atoms with E-state index in [1.54, 1.807) is 54.2 Å². The van der Waals surface area contributed by atoms with Gasteiger partial charge in [0.05, 0.1) is 25.6 Å². The van der Waals surface area contributed by atoms with Gasteiger partial charge < -0.3 is 9.47 Å². The number of hydrogen-bond donors (Lipinski definition) is 1. The second-order valence-electron chi connectivity index (χ2n) is 8.84. The summed E-state index contributed by atoms with van der Waals surface area (Å²) in [5.41, 5.74) is 4.57. The summed E-state index contributed by atoms with van der Waals surface area (Å²) in [7, 11) is 4.47. The predicted molar refractivity (Wildman–Crippen MR) is 157 cm³/mol. The SMILES string of the molecule is COc1cc(C=NNc2ccccc2)ccc1Oc1nc2c(c(=O)n(C)c(=O)n2C)n1Cc1ccc(Cl)cc1Cl. The van der Waals surface area contributed by atoms with Gasteiger partial charge in [0.2, 0.25) is 0 Å². The first-order valence-electron chi connectivity index (χ1n) is 12.1. The van der Waals surface area contributed by atoms with Crippen LogP contribution in [0.25, 0.3) is 11.2 Å². The largest absolute Gasteiger partial charge is 0.493 e. The summed E-state index contributed by atoms with van der Waals surface area (Å²) in [5.74, 6) is 0.754. The van der Waals surface area contributed by atoms with Gasteiger partial charge in [0.1, 0.15) is 0 Å². The molecule has 5 aromatic rings. The highest BCUT2D eigenvalue weighted by Gasteiger charge is 2.22. The smallest absolute Gasteiger partial charge is 0.332 e. The van der Waals surface area contributed by atoms with Crippen LogP contribution < -0.4 is 26.1 Å². The fourth-order valence-corrected chi connectivity index (χ4v) is 4.58. The number of aromatic nitrogens is 4. The number of aryl methyl sites for hydroxylation is 1. The van der Waals surface area contributed by atoms with E-state index in [2.05, 4.69) is 15.5 Å². The van der Waals surface area contributed by atoms with E-state index in [1.165, 1.54) is 18.7 Å². The van der Waals surface area contributed by atoms with Crippen LogP contribution in [0.15, 0.2) is 81.4 Å². The third-order valence-corrected chi connectivity index (χ3v) is 6.81. The van der Waals surface area contributed by atoms with Gasteiger partial charge >= 0.3 is 11.7 Å². The van der Waals surface area contributed by atoms with E-state index < -0.39 is 11.2 Å². The van der Waals surface area contributed by atoms with Crippen LogP contribution in [0.5, 0.6) is 17.5 Å². The average Bonchev–Trinajstić information content (AvgIpc) is 3.31. The average molecular weight is 579 g/mol. The second kappa shape index (κ2) is 11.3. The van der Waals surface area contributed by atoms with Crippen LogP contribution in [-0.2, 0) is 20.6 Å². The Balaban J connectivity index is 1.55. The summed E-state index contributed by atoms with van der Waals surface area (Å²) in [6, 6.07) is 20.0. The molecule has 0 unspecified atom stereocenters. The van der Waals surface area contributed by atoms with Gasteiger partial charge in [-0.2, -0.15) is 10.1 Å². The molecule has 0 saturated heterocycles. The lowest BCUT2D eigenvalue weighted by atomic mass is 10.2. The van der Waals surface area contributed by atoms with Gasteiger partial charge in [-0.1, -0.05) is 47.5 Å². The highest BCUT2D eigenvalue weighted by molar-refractivity contribution is 6.35. The second-order valence-corrected chi connectivity index (χ2v) is 9.69. The van der Waals surface area contributed by atoms with Crippen molar-refractivity contribution in [1.29, 1.82) is 0 Å². The maximum atomic E-state index is 13.2. The summed E-state index contributed by atoms with van der Waals surface area (Å²) in [6.45, 7) is 0.132. The lowest BCUT2D eigenvalue weighted by molar-refractivity contribution is 0.361. The first kappa shape index (κ1) is 27.0. The summed E-state index contributed by atoms with van der Waals surface area (Å²) in [4.78, 5) is 30.4. The fourth-order valence-electron chi connectivity index (χ4n) is 4.11. The van der Waals surface area contributed by atoms with Crippen LogP contribution in [-0.4, -0.2) is 32.0 Å². The maximum absolute atomic E-state index is 13.2. The molecule has 2 aromatic heterocycles. The molecule has 0 atom stereocenters. The molecule has 1 N–H and O–H groups in total. The zero-order chi connectivity index (χ0) is 28.4. The van der Waals surface area contributed by atoms with Crippen molar-refractivity contribution in [3.8, 4) is 17.5 Å². The van der Waals surface area contributed by atoms with Gasteiger partial charge in [0.15, 0.2) is 22.7 Å². The molecule has 0 fully saturated rings. The van der Waals surface area contributed by atoms with Crippen molar-refractivity contribution in [2.24, 2.45) is 19.2 Å². The van der Waals surface area contributed by atoms with Gasteiger partial charge in [-0.15, -0.1) is 0 Å². The van der Waals surface area contributed by atoms with Crippen LogP contribution >= 0.6 is 23.2 Å². The molecule has 0 amide bonds. The standard InChI is InChI=1S/C28H24Cl2N6O4/c1-34-25-24(26(37)35(2)28(34)38)36(16-18-10-11-19(29)14-21(18)30)27(32-25)40-22-12-9-17(13-23(22)39-3)15-31-33-20-7-5-4-6-8-20/h4-15,33H,16H2,1-3H3. The third-order valence-electron chi connectivity index (χ3n) is 6.23. The monoisotopic (exact) mass is 578 g/mol. The zero-order valence-corrected chi connectivity index (χ0v) is 23.3. The predicted octanol–water partition coefficient (Wildman–Crippen LogP) is 5.04. The topological polar surface area (TPSA) is 105 Å². The van der Waals surface area contributed by atoms with Gasteiger partial charge in [-0.25, -0.2) is 4.79 Å². The number of halogens is 2. The quantitative estimate of drug-likeness (QED) is 0.204. The lowest BCUT2D eigenvalue weighted by Gasteiger charge is -2.13. The van der Waals surface area contributed by atoms with E-state index in [0.29, 0.717) is 27.1 Å². The number of para-hydroxylation sites is 1. The number of methoxy groups -OCH3 is 1. The van der Waals surface area contributed by atoms with E-state index in [-0.39, 0.29) is 23.7 Å². The van der Waals surface area contributed by atoms with E-state index in [1.807, 2.05) is 30.3 Å². The normalized spacial score (nSPS) is 11.3. The molecule has 0 radical (unpaired) electrons. The van der Waals surface area contributed by atoms with Gasteiger partial charge in [-0.05, 0) is 53.6 Å². The van der Waals surface area contributed by atoms with Gasteiger partial charge in [-0.3, -0.25) is 23.9 Å². The van der Waals surface area contributed by atoms with Crippen LogP contribution in [0.1, 0.15) is 11.1 Å². The molecule has 3 aromatic carbocycles. The Kier molecular flexibility index (Phi) is 7.63. The molecule has 0 saturated carbocycles. The summed E-state index contributed by atoms with van der Waals surface area (Å²) in [5, 5.41) is 5.15. The van der Waals surface area contributed by atoms with Crippen molar-refractivity contribution in [1.82, 2.24) is 18.7 Å². The van der Waals surface area contributed by atoms with Crippen molar-refractivity contribution < 1.29 is 9.47 Å². The van der Waals surface area contributed by atoms with Crippen LogP contribution in [0.2, 0.25) is 10.0 Å². The Morgan fingerprint density at radius 2 is 1.75 bits per heavy atom. The van der Waals surface area contributed by atoms with Crippen molar-refractivity contribution >= 4 is 46.3 Å². The van der Waals surface area contributed by atoms with Crippen LogP contribution in [0.4, 0.5) is 5.69 Å². The fraction of sp³-hybridized carbons (Fsp3) is 0.143. The molecule has 0 spiro atoms. The maximum Gasteiger partial charge on any atom is 0.332 e. The van der Waals surface area contributed by atoms with E-state index in [0.717, 1.165) is 15.8 Å². The van der Waals surface area contributed by atoms with Crippen molar-refractivity contribution in [3.05, 3.63) is 109 Å². The molecule has 0 aliphatic carbocycles. The number of fused-ring (bicyclic) bond motifs is 1. The molecule has 12 heteroatoms. The molecule has 0 bridgehead atoms. The first-order valence-corrected chi connectivity index (χ1v) is 12.8. The van der Waals surface area contributed by atoms with Crippen LogP contribution in [0.3, 0.4) is 0 Å². The highest BCUT2D eigenvalue weighted by atomic mass is 35.5. The Hall–Kier alpha value is -4.54. The molecule has 40 heavy (non-hydrogen) atoms. The molecule has 0 aliphatic rings. The molecule has 0 aliphatic heterocycles. The molecular weight excluding hydrogens is 555 g/mol. The summed E-state index contributed by atoms with van der Waals surface area (Å²) >= 11 is 12.5. The van der Waals surface area contributed by atoms with Crippen molar-refractivity contribution in [2.45, 2.75) is 6.54 Å². The Morgan fingerprint density at radius 1 is 0.975 bits per heavy atom. The Labute approximate surface area is 238 Å². The minimum atomic E-state index is -0.519. The molecule has 10 nitrogen and oxygen atoms in total. The number of imidazole rings is 1. The van der Waals surface area contributed by atoms with Crippen molar-refractivity contribution in [2.75, 3.05) is 12.5 Å². The summed E-state index contributed by atoms with van der Waals surface area (Å²) < 4.78 is 15.7.